The fraction of sp³-hybridized carbons (Fsp3) is 0.350. The minimum absolute atomic E-state index is 0.0648. The van der Waals surface area contributed by atoms with Crippen LogP contribution in [-0.2, 0) is 11.3 Å². The number of methoxy groups -OCH3 is 1. The Morgan fingerprint density at radius 2 is 1.89 bits per heavy atom. The molecule has 1 fully saturated rings. The van der Waals surface area contributed by atoms with Gasteiger partial charge in [0.15, 0.2) is 0 Å². The quantitative estimate of drug-likeness (QED) is 0.431. The van der Waals surface area contributed by atoms with Gasteiger partial charge in [0.2, 0.25) is 0 Å². The Kier molecular flexibility index (Phi) is 6.08. The van der Waals surface area contributed by atoms with Gasteiger partial charge in [-0.25, -0.2) is 4.79 Å². The number of piperidine rings is 1. The molecule has 0 N–H and O–H groups in total. The van der Waals surface area contributed by atoms with Gasteiger partial charge in [-0.2, -0.15) is 0 Å². The van der Waals surface area contributed by atoms with Crippen molar-refractivity contribution in [1.82, 2.24) is 4.90 Å². The number of benzene rings is 2. The van der Waals surface area contributed by atoms with E-state index in [9.17, 15) is 14.9 Å². The first kappa shape index (κ1) is 19.3. The molecule has 1 aliphatic rings. The molecule has 6 nitrogen and oxygen atoms in total. The number of carbonyl (C=O) groups excluding carboxylic acids is 1. The van der Waals surface area contributed by atoms with Crippen LogP contribution in [0.25, 0.3) is 0 Å². The molecule has 2 aromatic carbocycles. The summed E-state index contributed by atoms with van der Waals surface area (Å²) in [5.41, 5.74) is 2.62. The summed E-state index contributed by atoms with van der Waals surface area (Å²) in [6.45, 7) is 2.39. The van der Waals surface area contributed by atoms with E-state index < -0.39 is 4.92 Å². The van der Waals surface area contributed by atoms with Crippen LogP contribution in [0.15, 0.2) is 42.5 Å². The molecule has 0 bridgehead atoms. The van der Waals surface area contributed by atoms with E-state index in [1.165, 1.54) is 18.7 Å². The van der Waals surface area contributed by atoms with Gasteiger partial charge in [0.25, 0.3) is 5.69 Å². The molecule has 0 aliphatic carbocycles. The van der Waals surface area contributed by atoms with Crippen LogP contribution < -0.4 is 0 Å². The number of nitrogens with zero attached hydrogens (tertiary/aromatic N) is 2. The van der Waals surface area contributed by atoms with E-state index in [1.807, 2.05) is 12.1 Å². The molecule has 0 atom stereocenters. The van der Waals surface area contributed by atoms with Crippen molar-refractivity contribution in [2.75, 3.05) is 20.2 Å². The highest BCUT2D eigenvalue weighted by Gasteiger charge is 2.22. The molecule has 0 amide bonds. The maximum atomic E-state index is 11.5. The van der Waals surface area contributed by atoms with Crippen LogP contribution in [0, 0.1) is 10.1 Å². The number of non-ortho nitro benzene ring substituents is 1. The van der Waals surface area contributed by atoms with Gasteiger partial charge in [-0.15, -0.1) is 0 Å². The molecule has 7 heteroatoms. The predicted molar refractivity (Wildman–Crippen MR) is 103 cm³/mol. The van der Waals surface area contributed by atoms with Gasteiger partial charge in [-0.3, -0.25) is 15.0 Å². The van der Waals surface area contributed by atoms with E-state index in [-0.39, 0.29) is 11.7 Å². The van der Waals surface area contributed by atoms with Crippen molar-refractivity contribution in [2.45, 2.75) is 25.3 Å². The van der Waals surface area contributed by atoms with Gasteiger partial charge in [-0.05, 0) is 61.2 Å². The number of halogens is 1. The molecule has 1 heterocycles. The number of esters is 1. The molecule has 0 unspecified atom stereocenters. The van der Waals surface area contributed by atoms with Crippen LogP contribution in [0.5, 0.6) is 0 Å². The molecule has 1 aliphatic heterocycles. The van der Waals surface area contributed by atoms with Gasteiger partial charge < -0.3 is 4.74 Å². The zero-order valence-corrected chi connectivity index (χ0v) is 15.8. The third-order valence-electron chi connectivity index (χ3n) is 5.02. The van der Waals surface area contributed by atoms with E-state index in [4.69, 9.17) is 16.3 Å². The minimum atomic E-state index is -0.399. The second kappa shape index (κ2) is 8.50. The molecule has 0 aromatic heterocycles. The normalized spacial score (nSPS) is 15.5. The Hall–Kier alpha value is -2.44. The monoisotopic (exact) mass is 388 g/mol. The highest BCUT2D eigenvalue weighted by Crippen LogP contribution is 2.30. The highest BCUT2D eigenvalue weighted by molar-refractivity contribution is 6.31. The summed E-state index contributed by atoms with van der Waals surface area (Å²) in [5.74, 6) is 0.110. The number of hydrogen-bond donors (Lipinski definition) is 0. The number of rotatable bonds is 5. The second-order valence-electron chi connectivity index (χ2n) is 6.70. The van der Waals surface area contributed by atoms with E-state index >= 15 is 0 Å². The minimum Gasteiger partial charge on any atom is -0.465 e. The smallest absolute Gasteiger partial charge is 0.337 e. The van der Waals surface area contributed by atoms with Crippen LogP contribution in [-0.4, -0.2) is 36.0 Å². The zero-order valence-electron chi connectivity index (χ0n) is 15.1. The van der Waals surface area contributed by atoms with Gasteiger partial charge in [0.05, 0.1) is 17.6 Å². The fourth-order valence-electron chi connectivity index (χ4n) is 3.47. The topological polar surface area (TPSA) is 72.7 Å². The molecular formula is C20H21ClN2O4. The van der Waals surface area contributed by atoms with Crippen LogP contribution in [0.2, 0.25) is 5.02 Å². The van der Waals surface area contributed by atoms with Crippen molar-refractivity contribution in [3.63, 3.8) is 0 Å². The Balaban J connectivity index is 1.60. The average Bonchev–Trinajstić information content (AvgIpc) is 2.69. The molecule has 142 valence electrons. The summed E-state index contributed by atoms with van der Waals surface area (Å²) >= 11 is 6.21. The van der Waals surface area contributed by atoms with E-state index in [1.54, 1.807) is 24.3 Å². The van der Waals surface area contributed by atoms with E-state index in [2.05, 4.69) is 4.90 Å². The van der Waals surface area contributed by atoms with Crippen LogP contribution >= 0.6 is 11.6 Å². The first-order chi connectivity index (χ1) is 13.0. The Bertz CT molecular complexity index is 830. The first-order valence-electron chi connectivity index (χ1n) is 8.81. The lowest BCUT2D eigenvalue weighted by Gasteiger charge is -2.32. The van der Waals surface area contributed by atoms with Gasteiger partial charge in [0, 0.05) is 23.7 Å². The Labute approximate surface area is 162 Å². The summed E-state index contributed by atoms with van der Waals surface area (Å²) < 4.78 is 4.73. The number of nitro benzene ring substituents is 1. The molecule has 2 aromatic rings. The van der Waals surface area contributed by atoms with Crippen molar-refractivity contribution >= 4 is 23.3 Å². The number of likely N-dealkylation sites (tertiary alicyclic amines) is 1. The van der Waals surface area contributed by atoms with Crippen molar-refractivity contribution < 1.29 is 14.5 Å². The number of nitro groups is 1. The summed E-state index contributed by atoms with van der Waals surface area (Å²) in [6.07, 6.45) is 1.98. The molecule has 1 saturated heterocycles. The largest absolute Gasteiger partial charge is 0.465 e. The molecule has 0 spiro atoms. The van der Waals surface area contributed by atoms with Crippen LogP contribution in [0.3, 0.4) is 0 Å². The zero-order chi connectivity index (χ0) is 19.4. The summed E-state index contributed by atoms with van der Waals surface area (Å²) in [7, 11) is 1.37. The fourth-order valence-corrected chi connectivity index (χ4v) is 3.65. The van der Waals surface area contributed by atoms with Gasteiger partial charge in [0.1, 0.15) is 0 Å². The van der Waals surface area contributed by atoms with E-state index in [0.717, 1.165) is 31.5 Å². The molecule has 0 radical (unpaired) electrons. The summed E-state index contributed by atoms with van der Waals surface area (Å²) in [4.78, 5) is 24.4. The van der Waals surface area contributed by atoms with Crippen LogP contribution in [0.4, 0.5) is 5.69 Å². The number of hydrogen-bond acceptors (Lipinski definition) is 5. The second-order valence-corrected chi connectivity index (χ2v) is 7.10. The maximum Gasteiger partial charge on any atom is 0.337 e. The van der Waals surface area contributed by atoms with Crippen molar-refractivity contribution in [3.05, 3.63) is 74.3 Å². The number of ether oxygens (including phenoxy) is 1. The molecule has 3 rings (SSSR count). The standard InChI is InChI=1S/C20H21ClN2O4/c1-27-20(24)16-4-2-14(3-5-16)15-8-10-22(11-9-15)13-17-12-18(23(25)26)6-7-19(17)21/h2-7,12,15H,8-11,13H2,1H3. The lowest BCUT2D eigenvalue weighted by Crippen LogP contribution is -2.32. The molecule has 0 saturated carbocycles. The predicted octanol–water partition coefficient (Wildman–Crippen LogP) is 4.41. The Morgan fingerprint density at radius 3 is 2.48 bits per heavy atom. The average molecular weight is 389 g/mol. The lowest BCUT2D eigenvalue weighted by molar-refractivity contribution is -0.384. The summed E-state index contributed by atoms with van der Waals surface area (Å²) in [5, 5.41) is 11.5. The van der Waals surface area contributed by atoms with Gasteiger partial charge in [-0.1, -0.05) is 23.7 Å². The SMILES string of the molecule is COC(=O)c1ccc(C2CCN(Cc3cc([N+](=O)[O-])ccc3Cl)CC2)cc1. The lowest BCUT2D eigenvalue weighted by atomic mass is 9.89. The molecular weight excluding hydrogens is 368 g/mol. The van der Waals surface area contributed by atoms with E-state index in [0.29, 0.717) is 23.0 Å². The van der Waals surface area contributed by atoms with Crippen LogP contribution in [0.1, 0.15) is 40.2 Å². The Morgan fingerprint density at radius 1 is 1.22 bits per heavy atom. The third kappa shape index (κ3) is 4.64. The third-order valence-corrected chi connectivity index (χ3v) is 5.39. The maximum absolute atomic E-state index is 11.5. The van der Waals surface area contributed by atoms with Crippen molar-refractivity contribution in [1.29, 1.82) is 0 Å². The highest BCUT2D eigenvalue weighted by atomic mass is 35.5. The number of carbonyl (C=O) groups is 1. The van der Waals surface area contributed by atoms with Crippen molar-refractivity contribution in [3.8, 4) is 0 Å². The first-order valence-corrected chi connectivity index (χ1v) is 9.19. The van der Waals surface area contributed by atoms with Gasteiger partial charge >= 0.3 is 5.97 Å². The molecule has 27 heavy (non-hydrogen) atoms. The summed E-state index contributed by atoms with van der Waals surface area (Å²) in [6, 6.07) is 12.2. The van der Waals surface area contributed by atoms with Crippen molar-refractivity contribution in [2.24, 2.45) is 0 Å².